The minimum Gasteiger partial charge on any atom is -0.306 e. The molecule has 0 aromatic rings. The Labute approximate surface area is 102 Å². The van der Waals surface area contributed by atoms with Crippen LogP contribution in [0.15, 0.2) is 0 Å². The molecule has 0 amide bonds. The van der Waals surface area contributed by atoms with Gasteiger partial charge < -0.3 is 4.90 Å². The Bertz CT molecular complexity index is 207. The summed E-state index contributed by atoms with van der Waals surface area (Å²) in [6, 6.07) is 0. The summed E-state index contributed by atoms with van der Waals surface area (Å²) in [5, 5.41) is 0. The number of rotatable bonds is 4. The van der Waals surface area contributed by atoms with E-state index in [9.17, 15) is 0 Å². The van der Waals surface area contributed by atoms with Crippen molar-refractivity contribution in [3.8, 4) is 0 Å². The minimum atomic E-state index is 0.795. The Morgan fingerprint density at radius 2 is 1.88 bits per heavy atom. The van der Waals surface area contributed by atoms with E-state index in [1.807, 2.05) is 0 Å². The summed E-state index contributed by atoms with van der Waals surface area (Å²) < 4.78 is 0. The molecular weight excluding hydrogens is 194 g/mol. The second kappa shape index (κ2) is 5.08. The largest absolute Gasteiger partial charge is 0.306 e. The number of hydrogen-bond acceptors (Lipinski definition) is 1. The van der Waals surface area contributed by atoms with E-state index in [2.05, 4.69) is 25.8 Å². The summed E-state index contributed by atoms with van der Waals surface area (Å²) in [6.07, 6.45) is 10.4. The van der Waals surface area contributed by atoms with Crippen LogP contribution >= 0.6 is 0 Å². The van der Waals surface area contributed by atoms with E-state index < -0.39 is 0 Å². The maximum atomic E-state index is 2.50. The third kappa shape index (κ3) is 2.80. The fourth-order valence-corrected chi connectivity index (χ4v) is 4.01. The molecule has 1 unspecified atom stereocenters. The van der Waals surface area contributed by atoms with Gasteiger partial charge in [-0.15, -0.1) is 0 Å². The first-order valence-electron chi connectivity index (χ1n) is 7.32. The van der Waals surface area contributed by atoms with Gasteiger partial charge in [-0.1, -0.05) is 26.7 Å². The topological polar surface area (TPSA) is 3.24 Å². The fraction of sp³-hybridized carbons (Fsp3) is 1.00. The van der Waals surface area contributed by atoms with Gasteiger partial charge >= 0.3 is 0 Å². The molecule has 2 fully saturated rings. The lowest BCUT2D eigenvalue weighted by molar-refractivity contribution is -0.0158. The van der Waals surface area contributed by atoms with Crippen molar-refractivity contribution in [2.24, 2.45) is 17.3 Å². The van der Waals surface area contributed by atoms with Crippen LogP contribution < -0.4 is 0 Å². The second-order valence-electron chi connectivity index (χ2n) is 6.71. The molecule has 0 aromatic carbocycles. The van der Waals surface area contributed by atoms with Crippen molar-refractivity contribution < 1.29 is 0 Å². The van der Waals surface area contributed by atoms with Crippen LogP contribution in [0.2, 0.25) is 0 Å². The van der Waals surface area contributed by atoms with E-state index in [-0.39, 0.29) is 0 Å². The molecule has 0 radical (unpaired) electrons. The van der Waals surface area contributed by atoms with Crippen molar-refractivity contribution in [2.75, 3.05) is 20.1 Å². The van der Waals surface area contributed by atoms with Crippen molar-refractivity contribution in [3.63, 3.8) is 0 Å². The van der Waals surface area contributed by atoms with Crippen LogP contribution in [0.4, 0.5) is 0 Å². The first kappa shape index (κ1) is 12.4. The fourth-order valence-electron chi connectivity index (χ4n) is 4.01. The minimum absolute atomic E-state index is 0.795. The van der Waals surface area contributed by atoms with Gasteiger partial charge in [-0.25, -0.2) is 0 Å². The lowest BCUT2D eigenvalue weighted by atomic mass is 9.56. The van der Waals surface area contributed by atoms with Crippen LogP contribution in [0.1, 0.15) is 58.8 Å². The molecule has 1 spiro atoms. The molecule has 2 aliphatic rings. The molecule has 94 valence electrons. The lowest BCUT2D eigenvalue weighted by Crippen LogP contribution is -2.46. The maximum Gasteiger partial charge on any atom is -0.00165 e. The van der Waals surface area contributed by atoms with Crippen molar-refractivity contribution >= 4 is 0 Å². The molecule has 1 heterocycles. The van der Waals surface area contributed by atoms with Gasteiger partial charge in [0.1, 0.15) is 0 Å². The van der Waals surface area contributed by atoms with Crippen LogP contribution in [0.25, 0.3) is 0 Å². The van der Waals surface area contributed by atoms with Crippen LogP contribution in [-0.4, -0.2) is 25.0 Å². The Morgan fingerprint density at radius 3 is 2.44 bits per heavy atom. The van der Waals surface area contributed by atoms with Gasteiger partial charge in [-0.05, 0) is 69.5 Å². The van der Waals surface area contributed by atoms with Crippen LogP contribution in [-0.2, 0) is 0 Å². The molecule has 1 atom stereocenters. The van der Waals surface area contributed by atoms with E-state index in [4.69, 9.17) is 0 Å². The highest BCUT2D eigenvalue weighted by Crippen LogP contribution is 2.54. The highest BCUT2D eigenvalue weighted by atomic mass is 15.1. The Morgan fingerprint density at radius 1 is 1.25 bits per heavy atom. The number of hydrogen-bond donors (Lipinski definition) is 0. The highest BCUT2D eigenvalue weighted by Gasteiger charge is 2.45. The summed E-state index contributed by atoms with van der Waals surface area (Å²) in [4.78, 5) is 2.50. The molecule has 1 saturated heterocycles. The van der Waals surface area contributed by atoms with Gasteiger partial charge in [0, 0.05) is 0 Å². The second-order valence-corrected chi connectivity index (χ2v) is 6.71. The Kier molecular flexibility index (Phi) is 3.94. The molecule has 1 saturated carbocycles. The smallest absolute Gasteiger partial charge is 0.00165 e. The zero-order valence-corrected chi connectivity index (χ0v) is 11.5. The summed E-state index contributed by atoms with van der Waals surface area (Å²) in [5.41, 5.74) is 0.795. The normalized spacial score (nSPS) is 27.9. The molecule has 1 heteroatoms. The average molecular weight is 223 g/mol. The number of piperidine rings is 1. The van der Waals surface area contributed by atoms with Gasteiger partial charge in [0.25, 0.3) is 0 Å². The van der Waals surface area contributed by atoms with E-state index in [1.165, 1.54) is 45.2 Å². The highest BCUT2D eigenvalue weighted by molar-refractivity contribution is 4.96. The van der Waals surface area contributed by atoms with E-state index >= 15 is 0 Å². The van der Waals surface area contributed by atoms with Crippen molar-refractivity contribution in [1.82, 2.24) is 4.90 Å². The van der Waals surface area contributed by atoms with Crippen LogP contribution in [0.3, 0.4) is 0 Å². The maximum absolute atomic E-state index is 2.50. The first-order chi connectivity index (χ1) is 7.63. The molecule has 0 bridgehead atoms. The monoisotopic (exact) mass is 223 g/mol. The van der Waals surface area contributed by atoms with Gasteiger partial charge in [0.15, 0.2) is 0 Å². The Balaban J connectivity index is 1.69. The Hall–Kier alpha value is -0.0400. The van der Waals surface area contributed by atoms with Gasteiger partial charge in [-0.3, -0.25) is 0 Å². The number of likely N-dealkylation sites (tertiary alicyclic amines) is 1. The predicted molar refractivity (Wildman–Crippen MR) is 70.6 cm³/mol. The summed E-state index contributed by atoms with van der Waals surface area (Å²) in [7, 11) is 2.27. The quantitative estimate of drug-likeness (QED) is 0.698. The van der Waals surface area contributed by atoms with Gasteiger partial charge in [-0.2, -0.15) is 0 Å². The summed E-state index contributed by atoms with van der Waals surface area (Å²) in [5.74, 6) is 2.04. The molecule has 1 aliphatic carbocycles. The van der Waals surface area contributed by atoms with Gasteiger partial charge in [0.2, 0.25) is 0 Å². The summed E-state index contributed by atoms with van der Waals surface area (Å²) in [6.45, 7) is 7.45. The first-order valence-corrected chi connectivity index (χ1v) is 7.32. The van der Waals surface area contributed by atoms with Crippen molar-refractivity contribution in [2.45, 2.75) is 58.8 Å². The number of nitrogens with zero attached hydrogens (tertiary/aromatic N) is 1. The zero-order chi connectivity index (χ0) is 11.6. The van der Waals surface area contributed by atoms with Gasteiger partial charge in [0.05, 0.1) is 0 Å². The van der Waals surface area contributed by atoms with Crippen LogP contribution in [0.5, 0.6) is 0 Å². The molecular formula is C15H29N. The van der Waals surface area contributed by atoms with Crippen molar-refractivity contribution in [1.29, 1.82) is 0 Å². The summed E-state index contributed by atoms with van der Waals surface area (Å²) >= 11 is 0. The molecule has 1 nitrogen and oxygen atoms in total. The molecule has 0 aromatic heterocycles. The average Bonchev–Trinajstić information content (AvgIpc) is 2.19. The molecule has 16 heavy (non-hydrogen) atoms. The standard InChI is InChI=1S/C15H29N/c1-4-5-13(2)10-14-11-15(12-14)6-8-16(3)9-7-15/h13-14H,4-12H2,1-3H3. The lowest BCUT2D eigenvalue weighted by Gasteiger charge is -2.52. The van der Waals surface area contributed by atoms with E-state index in [0.29, 0.717) is 0 Å². The SMILES string of the molecule is CCCC(C)CC1CC2(CCN(C)CC2)C1. The van der Waals surface area contributed by atoms with Crippen LogP contribution in [0, 0.1) is 17.3 Å². The molecule has 2 rings (SSSR count). The predicted octanol–water partition coefficient (Wildman–Crippen LogP) is 3.93. The van der Waals surface area contributed by atoms with E-state index in [1.54, 1.807) is 12.8 Å². The zero-order valence-electron chi connectivity index (χ0n) is 11.5. The molecule has 1 aliphatic heterocycles. The third-order valence-electron chi connectivity index (χ3n) is 5.01. The van der Waals surface area contributed by atoms with E-state index in [0.717, 1.165) is 17.3 Å². The van der Waals surface area contributed by atoms with Crippen molar-refractivity contribution in [3.05, 3.63) is 0 Å². The third-order valence-corrected chi connectivity index (χ3v) is 5.01. The molecule has 0 N–H and O–H groups in total.